The average Bonchev–Trinajstić information content (AvgIpc) is 2.30. The summed E-state index contributed by atoms with van der Waals surface area (Å²) in [4.78, 5) is 11.0. The van der Waals surface area contributed by atoms with Crippen LogP contribution in [0, 0.1) is 5.92 Å². The molecule has 0 bridgehead atoms. The number of hydrogen-bond donors (Lipinski definition) is 1. The molecule has 1 N–H and O–H groups in total. The number of piperazine rings is 1. The summed E-state index contributed by atoms with van der Waals surface area (Å²) in [5.74, 6) is 1.72. The van der Waals surface area contributed by atoms with Gasteiger partial charge < -0.3 is 10.2 Å². The first kappa shape index (κ1) is 11.3. The van der Waals surface area contributed by atoms with E-state index in [2.05, 4.69) is 40.1 Å². The van der Waals surface area contributed by atoms with Gasteiger partial charge in [0.1, 0.15) is 12.1 Å². The van der Waals surface area contributed by atoms with Crippen molar-refractivity contribution in [3.63, 3.8) is 0 Å². The van der Waals surface area contributed by atoms with Gasteiger partial charge in [-0.3, -0.25) is 0 Å². The fraction of sp³-hybridized carbons (Fsp3) is 0.667. The van der Waals surface area contributed by atoms with Crippen LogP contribution in [0.2, 0.25) is 0 Å². The zero-order valence-electron chi connectivity index (χ0n) is 10.1. The molecule has 0 aliphatic carbocycles. The first-order chi connectivity index (χ1) is 7.75. The quantitative estimate of drug-likeness (QED) is 0.827. The lowest BCUT2D eigenvalue weighted by atomic mass is 10.1. The summed E-state index contributed by atoms with van der Waals surface area (Å²) in [7, 11) is 0. The van der Waals surface area contributed by atoms with Crippen LogP contribution < -0.4 is 10.2 Å². The van der Waals surface area contributed by atoms with E-state index in [0.29, 0.717) is 5.92 Å². The Morgan fingerprint density at radius 2 is 2.06 bits per heavy atom. The maximum atomic E-state index is 4.36. The predicted molar refractivity (Wildman–Crippen MR) is 65.7 cm³/mol. The Balaban J connectivity index is 2.08. The van der Waals surface area contributed by atoms with Crippen LogP contribution in [0.3, 0.4) is 0 Å². The molecule has 1 saturated heterocycles. The molecule has 0 atom stereocenters. The highest BCUT2D eigenvalue weighted by Crippen LogP contribution is 2.13. The maximum absolute atomic E-state index is 4.36. The summed E-state index contributed by atoms with van der Waals surface area (Å²) in [6.07, 6.45) is 2.72. The third kappa shape index (κ3) is 2.92. The van der Waals surface area contributed by atoms with Crippen molar-refractivity contribution in [1.29, 1.82) is 0 Å². The van der Waals surface area contributed by atoms with Gasteiger partial charge in [0, 0.05) is 37.9 Å². The smallest absolute Gasteiger partial charge is 0.132 e. The van der Waals surface area contributed by atoms with Crippen LogP contribution in [0.25, 0.3) is 0 Å². The van der Waals surface area contributed by atoms with E-state index >= 15 is 0 Å². The Morgan fingerprint density at radius 3 is 2.75 bits per heavy atom. The molecule has 2 rings (SSSR count). The Labute approximate surface area is 97.1 Å². The molecule has 16 heavy (non-hydrogen) atoms. The molecule has 4 heteroatoms. The minimum Gasteiger partial charge on any atom is -0.354 e. The molecule has 1 aromatic heterocycles. The van der Waals surface area contributed by atoms with Crippen molar-refractivity contribution in [1.82, 2.24) is 15.3 Å². The van der Waals surface area contributed by atoms with Crippen LogP contribution >= 0.6 is 0 Å². The van der Waals surface area contributed by atoms with Crippen molar-refractivity contribution < 1.29 is 0 Å². The first-order valence-corrected chi connectivity index (χ1v) is 6.02. The molecule has 0 unspecified atom stereocenters. The summed E-state index contributed by atoms with van der Waals surface area (Å²) < 4.78 is 0. The SMILES string of the molecule is CC(C)Cc1cc(N2CCNCC2)ncn1. The van der Waals surface area contributed by atoms with Crippen LogP contribution in [0.15, 0.2) is 12.4 Å². The van der Waals surface area contributed by atoms with Gasteiger partial charge >= 0.3 is 0 Å². The van der Waals surface area contributed by atoms with Gasteiger partial charge in [0.15, 0.2) is 0 Å². The van der Waals surface area contributed by atoms with Crippen LogP contribution in [0.1, 0.15) is 19.5 Å². The Hall–Kier alpha value is -1.16. The topological polar surface area (TPSA) is 41.0 Å². The van der Waals surface area contributed by atoms with Gasteiger partial charge in [0.2, 0.25) is 0 Å². The minimum atomic E-state index is 0.644. The molecule has 4 nitrogen and oxygen atoms in total. The highest BCUT2D eigenvalue weighted by molar-refractivity contribution is 5.39. The van der Waals surface area contributed by atoms with Gasteiger partial charge in [-0.1, -0.05) is 13.8 Å². The highest BCUT2D eigenvalue weighted by atomic mass is 15.2. The second-order valence-electron chi connectivity index (χ2n) is 4.70. The van der Waals surface area contributed by atoms with Crippen molar-refractivity contribution in [2.75, 3.05) is 31.1 Å². The van der Waals surface area contributed by atoms with E-state index in [1.165, 1.54) is 0 Å². The van der Waals surface area contributed by atoms with E-state index in [1.54, 1.807) is 6.33 Å². The van der Waals surface area contributed by atoms with Crippen molar-refractivity contribution >= 4 is 5.82 Å². The molecule has 1 aliphatic rings. The molecule has 2 heterocycles. The van der Waals surface area contributed by atoms with Gasteiger partial charge in [0.25, 0.3) is 0 Å². The summed E-state index contributed by atoms with van der Waals surface area (Å²) in [6.45, 7) is 8.60. The number of anilines is 1. The number of nitrogens with one attached hydrogen (secondary N) is 1. The summed E-state index contributed by atoms with van der Waals surface area (Å²) in [5.41, 5.74) is 1.15. The van der Waals surface area contributed by atoms with Crippen molar-refractivity contribution in [3.8, 4) is 0 Å². The third-order valence-corrected chi connectivity index (χ3v) is 2.77. The zero-order valence-corrected chi connectivity index (χ0v) is 10.1. The molecule has 0 spiro atoms. The zero-order chi connectivity index (χ0) is 11.4. The van der Waals surface area contributed by atoms with Gasteiger partial charge in [0.05, 0.1) is 0 Å². The van der Waals surface area contributed by atoms with Crippen LogP contribution in [-0.4, -0.2) is 36.1 Å². The molecule has 1 aliphatic heterocycles. The normalized spacial score (nSPS) is 16.8. The Bertz CT molecular complexity index is 332. The van der Waals surface area contributed by atoms with E-state index in [9.17, 15) is 0 Å². The van der Waals surface area contributed by atoms with E-state index in [4.69, 9.17) is 0 Å². The van der Waals surface area contributed by atoms with Crippen LogP contribution in [-0.2, 0) is 6.42 Å². The molecule has 0 radical (unpaired) electrons. The minimum absolute atomic E-state index is 0.644. The molecule has 88 valence electrons. The molecular weight excluding hydrogens is 200 g/mol. The van der Waals surface area contributed by atoms with Crippen LogP contribution in [0.4, 0.5) is 5.82 Å². The molecule has 0 aromatic carbocycles. The number of rotatable bonds is 3. The number of aromatic nitrogens is 2. The Kier molecular flexibility index (Phi) is 3.72. The van der Waals surface area contributed by atoms with Gasteiger partial charge in [-0.25, -0.2) is 9.97 Å². The number of nitrogens with zero attached hydrogens (tertiary/aromatic N) is 3. The predicted octanol–water partition coefficient (Wildman–Crippen LogP) is 1.08. The fourth-order valence-corrected chi connectivity index (χ4v) is 1.98. The standard InChI is InChI=1S/C12H20N4/c1-10(2)7-11-8-12(15-9-14-11)16-5-3-13-4-6-16/h8-10,13H,3-7H2,1-2H3. The third-order valence-electron chi connectivity index (χ3n) is 2.77. The second kappa shape index (κ2) is 5.25. The van der Waals surface area contributed by atoms with Gasteiger partial charge in [-0.2, -0.15) is 0 Å². The van der Waals surface area contributed by atoms with Gasteiger partial charge in [-0.05, 0) is 12.3 Å². The molecule has 0 amide bonds. The molecule has 0 saturated carbocycles. The lowest BCUT2D eigenvalue weighted by Crippen LogP contribution is -2.43. The lowest BCUT2D eigenvalue weighted by molar-refractivity contribution is 0.582. The highest BCUT2D eigenvalue weighted by Gasteiger charge is 2.12. The molecule has 1 aromatic rings. The molecule has 1 fully saturated rings. The van der Waals surface area contributed by atoms with Crippen molar-refractivity contribution in [3.05, 3.63) is 18.1 Å². The fourth-order valence-electron chi connectivity index (χ4n) is 1.98. The monoisotopic (exact) mass is 220 g/mol. The average molecular weight is 220 g/mol. The van der Waals surface area contributed by atoms with E-state index < -0.39 is 0 Å². The van der Waals surface area contributed by atoms with E-state index in [1.807, 2.05) is 0 Å². The first-order valence-electron chi connectivity index (χ1n) is 6.02. The summed E-state index contributed by atoms with van der Waals surface area (Å²) in [6, 6.07) is 2.13. The molecular formula is C12H20N4. The maximum Gasteiger partial charge on any atom is 0.132 e. The lowest BCUT2D eigenvalue weighted by Gasteiger charge is -2.28. The van der Waals surface area contributed by atoms with E-state index in [-0.39, 0.29) is 0 Å². The van der Waals surface area contributed by atoms with Crippen LogP contribution in [0.5, 0.6) is 0 Å². The summed E-state index contributed by atoms with van der Waals surface area (Å²) in [5, 5.41) is 3.35. The second-order valence-corrected chi connectivity index (χ2v) is 4.70. The largest absolute Gasteiger partial charge is 0.354 e. The van der Waals surface area contributed by atoms with Crippen molar-refractivity contribution in [2.45, 2.75) is 20.3 Å². The summed E-state index contributed by atoms with van der Waals surface area (Å²) >= 11 is 0. The van der Waals surface area contributed by atoms with Gasteiger partial charge in [-0.15, -0.1) is 0 Å². The van der Waals surface area contributed by atoms with E-state index in [0.717, 1.165) is 44.1 Å². The van der Waals surface area contributed by atoms with Crippen molar-refractivity contribution in [2.24, 2.45) is 5.92 Å². The number of hydrogen-bond acceptors (Lipinski definition) is 4. The Morgan fingerprint density at radius 1 is 1.31 bits per heavy atom.